The second kappa shape index (κ2) is 13.2. The highest BCUT2D eigenvalue weighted by atomic mass is 127. The number of hydrogen-bond acceptors (Lipinski definition) is 5. The van der Waals surface area contributed by atoms with Crippen LogP contribution < -0.4 is 5.32 Å². The number of nitrogens with one attached hydrogen (secondary N) is 1. The summed E-state index contributed by atoms with van der Waals surface area (Å²) in [6, 6.07) is 6.83. The first kappa shape index (κ1) is 25.8. The molecule has 0 saturated carbocycles. The third-order valence-electron chi connectivity index (χ3n) is 5.82. The molecule has 2 heterocycles. The summed E-state index contributed by atoms with van der Waals surface area (Å²) in [4.78, 5) is 21.0. The standard InChI is InChI=1S/C22H33FN4O3.HI/c1-3-30-21(28)18-8-10-27(11-9-18)22(24-2)25-16-20(26-12-14-29-15-13-26)17-4-6-19(23)7-5-17;/h4-7,18,20H,3,8-16H2,1-2H3,(H,24,25);1H. The number of likely N-dealkylation sites (tertiary alicyclic amines) is 1. The van der Waals surface area contributed by atoms with Crippen LogP contribution in [0.25, 0.3) is 0 Å². The van der Waals surface area contributed by atoms with Crippen LogP contribution in [0.5, 0.6) is 0 Å². The number of benzene rings is 1. The fraction of sp³-hybridized carbons (Fsp3) is 0.636. The Morgan fingerprint density at radius 2 is 1.87 bits per heavy atom. The molecule has 174 valence electrons. The molecule has 1 unspecified atom stereocenters. The van der Waals surface area contributed by atoms with Crippen LogP contribution in [0.2, 0.25) is 0 Å². The molecule has 1 N–H and O–H groups in total. The molecule has 1 atom stereocenters. The van der Waals surface area contributed by atoms with E-state index in [0.29, 0.717) is 26.4 Å². The Hall–Kier alpha value is -1.46. The number of halogens is 2. The van der Waals surface area contributed by atoms with Crippen molar-refractivity contribution in [2.45, 2.75) is 25.8 Å². The third-order valence-corrected chi connectivity index (χ3v) is 5.82. The van der Waals surface area contributed by atoms with Gasteiger partial charge in [-0.25, -0.2) is 4.39 Å². The maximum Gasteiger partial charge on any atom is 0.309 e. The predicted molar refractivity (Wildman–Crippen MR) is 129 cm³/mol. The number of rotatable bonds is 6. The summed E-state index contributed by atoms with van der Waals surface area (Å²) >= 11 is 0. The second-order valence-electron chi connectivity index (χ2n) is 7.66. The minimum absolute atomic E-state index is 0. The summed E-state index contributed by atoms with van der Waals surface area (Å²) in [7, 11) is 1.78. The van der Waals surface area contributed by atoms with Crippen molar-refractivity contribution >= 4 is 35.9 Å². The number of guanidine groups is 1. The molecule has 2 aliphatic rings. The van der Waals surface area contributed by atoms with E-state index >= 15 is 0 Å². The van der Waals surface area contributed by atoms with Crippen molar-refractivity contribution in [3.63, 3.8) is 0 Å². The van der Waals surface area contributed by atoms with E-state index in [4.69, 9.17) is 9.47 Å². The van der Waals surface area contributed by atoms with E-state index in [1.54, 1.807) is 7.05 Å². The van der Waals surface area contributed by atoms with Gasteiger partial charge < -0.3 is 19.7 Å². The lowest BCUT2D eigenvalue weighted by Gasteiger charge is -2.37. The Bertz CT molecular complexity index is 705. The van der Waals surface area contributed by atoms with E-state index in [1.165, 1.54) is 12.1 Å². The predicted octanol–water partition coefficient (Wildman–Crippen LogP) is 2.67. The molecule has 31 heavy (non-hydrogen) atoms. The summed E-state index contributed by atoms with van der Waals surface area (Å²) < 4.78 is 24.1. The number of aliphatic imine (C=N–C) groups is 1. The number of esters is 1. The Morgan fingerprint density at radius 3 is 2.45 bits per heavy atom. The first-order valence-electron chi connectivity index (χ1n) is 10.8. The summed E-state index contributed by atoms with van der Waals surface area (Å²) in [6.45, 7) is 7.54. The zero-order chi connectivity index (χ0) is 21.3. The Kier molecular flexibility index (Phi) is 11.0. The van der Waals surface area contributed by atoms with Crippen molar-refractivity contribution in [2.24, 2.45) is 10.9 Å². The van der Waals surface area contributed by atoms with Gasteiger partial charge in [-0.1, -0.05) is 12.1 Å². The average Bonchev–Trinajstić information content (AvgIpc) is 2.79. The van der Waals surface area contributed by atoms with Gasteiger partial charge in [0.25, 0.3) is 0 Å². The second-order valence-corrected chi connectivity index (χ2v) is 7.66. The van der Waals surface area contributed by atoms with Gasteiger partial charge in [0.05, 0.1) is 31.8 Å². The van der Waals surface area contributed by atoms with E-state index in [9.17, 15) is 9.18 Å². The Balaban J connectivity index is 0.00000341. The Labute approximate surface area is 201 Å². The van der Waals surface area contributed by atoms with E-state index in [-0.39, 0.29) is 47.7 Å². The fourth-order valence-electron chi connectivity index (χ4n) is 4.14. The molecule has 3 rings (SSSR count). The maximum atomic E-state index is 13.4. The quantitative estimate of drug-likeness (QED) is 0.255. The first-order chi connectivity index (χ1) is 14.6. The summed E-state index contributed by atoms with van der Waals surface area (Å²) in [5, 5.41) is 3.50. The van der Waals surface area contributed by atoms with E-state index in [0.717, 1.165) is 50.5 Å². The van der Waals surface area contributed by atoms with Gasteiger partial charge in [-0.05, 0) is 37.5 Å². The molecule has 0 aliphatic carbocycles. The molecule has 7 nitrogen and oxygen atoms in total. The lowest BCUT2D eigenvalue weighted by atomic mass is 9.97. The molecular weight excluding hydrogens is 514 g/mol. The number of nitrogens with zero attached hydrogens (tertiary/aromatic N) is 3. The SMILES string of the molecule is CCOC(=O)C1CCN(C(=NC)NCC(c2ccc(F)cc2)N2CCOCC2)CC1.I. The van der Waals surface area contributed by atoms with Crippen LogP contribution in [0.1, 0.15) is 31.4 Å². The number of morpholine rings is 1. The molecule has 0 radical (unpaired) electrons. The fourth-order valence-corrected chi connectivity index (χ4v) is 4.14. The van der Waals surface area contributed by atoms with Crippen molar-refractivity contribution in [1.29, 1.82) is 0 Å². The van der Waals surface area contributed by atoms with Gasteiger partial charge in [-0.15, -0.1) is 24.0 Å². The number of hydrogen-bond donors (Lipinski definition) is 1. The molecule has 1 aromatic rings. The van der Waals surface area contributed by atoms with Crippen LogP contribution in [-0.2, 0) is 14.3 Å². The summed E-state index contributed by atoms with van der Waals surface area (Å²) in [5.41, 5.74) is 1.07. The van der Waals surface area contributed by atoms with Crippen molar-refractivity contribution in [3.8, 4) is 0 Å². The number of ether oxygens (including phenoxy) is 2. The van der Waals surface area contributed by atoms with Crippen LogP contribution in [0.15, 0.2) is 29.3 Å². The molecule has 0 spiro atoms. The first-order valence-corrected chi connectivity index (χ1v) is 10.8. The molecule has 0 amide bonds. The summed E-state index contributed by atoms with van der Waals surface area (Å²) in [6.07, 6.45) is 1.54. The van der Waals surface area contributed by atoms with Crippen molar-refractivity contribution in [1.82, 2.24) is 15.1 Å². The normalized spacial score (nSPS) is 19.5. The molecular formula is C22H34FIN4O3. The number of piperidine rings is 1. The Morgan fingerprint density at radius 1 is 1.23 bits per heavy atom. The molecule has 2 aliphatic heterocycles. The molecule has 2 fully saturated rings. The van der Waals surface area contributed by atoms with Gasteiger partial charge in [0, 0.05) is 39.8 Å². The highest BCUT2D eigenvalue weighted by molar-refractivity contribution is 14.0. The zero-order valence-electron chi connectivity index (χ0n) is 18.4. The summed E-state index contributed by atoms with van der Waals surface area (Å²) in [5.74, 6) is 0.480. The van der Waals surface area contributed by atoms with Crippen LogP contribution in [0.4, 0.5) is 4.39 Å². The van der Waals surface area contributed by atoms with Gasteiger partial charge in [-0.2, -0.15) is 0 Å². The van der Waals surface area contributed by atoms with Gasteiger partial charge in [-0.3, -0.25) is 14.7 Å². The van der Waals surface area contributed by atoms with E-state index in [1.807, 2.05) is 19.1 Å². The van der Waals surface area contributed by atoms with Gasteiger partial charge >= 0.3 is 5.97 Å². The van der Waals surface area contributed by atoms with Crippen LogP contribution in [0.3, 0.4) is 0 Å². The minimum Gasteiger partial charge on any atom is -0.466 e. The lowest BCUT2D eigenvalue weighted by Crippen LogP contribution is -2.50. The van der Waals surface area contributed by atoms with Crippen LogP contribution in [-0.4, -0.2) is 81.3 Å². The van der Waals surface area contributed by atoms with Gasteiger partial charge in [0.2, 0.25) is 0 Å². The zero-order valence-corrected chi connectivity index (χ0v) is 20.7. The smallest absolute Gasteiger partial charge is 0.309 e. The van der Waals surface area contributed by atoms with Crippen LogP contribution >= 0.6 is 24.0 Å². The minimum atomic E-state index is -0.229. The van der Waals surface area contributed by atoms with Gasteiger partial charge in [0.15, 0.2) is 5.96 Å². The van der Waals surface area contributed by atoms with E-state index in [2.05, 4.69) is 20.1 Å². The molecule has 9 heteroatoms. The monoisotopic (exact) mass is 548 g/mol. The van der Waals surface area contributed by atoms with Crippen molar-refractivity contribution in [3.05, 3.63) is 35.6 Å². The van der Waals surface area contributed by atoms with Crippen molar-refractivity contribution < 1.29 is 18.7 Å². The third kappa shape index (κ3) is 7.28. The molecule has 2 saturated heterocycles. The van der Waals surface area contributed by atoms with Gasteiger partial charge in [0.1, 0.15) is 5.82 Å². The average molecular weight is 548 g/mol. The lowest BCUT2D eigenvalue weighted by molar-refractivity contribution is -0.149. The number of carbonyl (C=O) groups is 1. The van der Waals surface area contributed by atoms with Crippen LogP contribution in [0, 0.1) is 11.7 Å². The molecule has 0 bridgehead atoms. The van der Waals surface area contributed by atoms with Crippen molar-refractivity contribution in [2.75, 3.05) is 59.6 Å². The largest absolute Gasteiger partial charge is 0.466 e. The van der Waals surface area contributed by atoms with E-state index < -0.39 is 0 Å². The molecule has 0 aromatic heterocycles. The highest BCUT2D eigenvalue weighted by Crippen LogP contribution is 2.23. The topological polar surface area (TPSA) is 66.4 Å². The number of carbonyl (C=O) groups excluding carboxylic acids is 1. The maximum absolute atomic E-state index is 13.4. The molecule has 1 aromatic carbocycles. The highest BCUT2D eigenvalue weighted by Gasteiger charge is 2.28.